The van der Waals surface area contributed by atoms with Crippen molar-refractivity contribution in [2.45, 2.75) is 6.42 Å². The van der Waals surface area contributed by atoms with Gasteiger partial charge in [-0.05, 0) is 18.2 Å². The Morgan fingerprint density at radius 3 is 2.67 bits per heavy atom. The van der Waals surface area contributed by atoms with E-state index in [1.807, 2.05) is 0 Å². The van der Waals surface area contributed by atoms with Crippen LogP contribution in [-0.4, -0.2) is 25.1 Å². The molecule has 0 radical (unpaired) electrons. The van der Waals surface area contributed by atoms with E-state index in [4.69, 9.17) is 9.47 Å². The number of ether oxygens (including phenoxy) is 2. The number of aromatic nitrogens is 1. The van der Waals surface area contributed by atoms with E-state index >= 15 is 0 Å². The third-order valence-electron chi connectivity index (χ3n) is 2.84. The molecule has 0 atom stereocenters. The van der Waals surface area contributed by atoms with Crippen LogP contribution in [0.3, 0.4) is 0 Å². The van der Waals surface area contributed by atoms with Crippen molar-refractivity contribution >= 4 is 11.7 Å². The second-order valence-corrected chi connectivity index (χ2v) is 4.26. The number of carbonyl (C=O) groups excluding carboxylic acids is 1. The Kier molecular flexibility index (Phi) is 4.71. The van der Waals surface area contributed by atoms with Crippen molar-refractivity contribution in [1.82, 2.24) is 4.98 Å². The molecule has 21 heavy (non-hydrogen) atoms. The minimum atomic E-state index is -0.454. The first-order chi connectivity index (χ1) is 10.1. The van der Waals surface area contributed by atoms with E-state index in [0.29, 0.717) is 17.3 Å². The molecule has 0 fully saturated rings. The smallest absolute Gasteiger partial charge is 0.230 e. The number of nitrogens with zero attached hydrogens (tertiary/aromatic N) is 1. The van der Waals surface area contributed by atoms with Crippen LogP contribution in [0.15, 0.2) is 36.5 Å². The summed E-state index contributed by atoms with van der Waals surface area (Å²) >= 11 is 0. The molecule has 1 aromatic carbocycles. The molecule has 2 rings (SSSR count). The molecule has 0 unspecified atom stereocenters. The summed E-state index contributed by atoms with van der Waals surface area (Å²) in [5.74, 6) is 0.795. The van der Waals surface area contributed by atoms with Crippen LogP contribution >= 0.6 is 0 Å². The van der Waals surface area contributed by atoms with Gasteiger partial charge in [-0.2, -0.15) is 0 Å². The number of hydrogen-bond acceptors (Lipinski definition) is 4. The maximum absolute atomic E-state index is 12.7. The van der Waals surface area contributed by atoms with Crippen molar-refractivity contribution in [2.24, 2.45) is 0 Å². The molecule has 0 aliphatic heterocycles. The molecule has 2 aromatic rings. The summed E-state index contributed by atoms with van der Waals surface area (Å²) in [7, 11) is 3.08. The molecule has 0 spiro atoms. The van der Waals surface area contributed by atoms with E-state index in [9.17, 15) is 9.18 Å². The lowest BCUT2D eigenvalue weighted by Gasteiger charge is -2.10. The Balaban J connectivity index is 2.07. The fraction of sp³-hybridized carbons (Fsp3) is 0.200. The van der Waals surface area contributed by atoms with Gasteiger partial charge in [0.15, 0.2) is 0 Å². The number of pyridine rings is 1. The Morgan fingerprint density at radius 2 is 2.05 bits per heavy atom. The van der Waals surface area contributed by atoms with E-state index in [1.54, 1.807) is 25.3 Å². The fourth-order valence-electron chi connectivity index (χ4n) is 1.81. The number of hydrogen-bond donors (Lipinski definition) is 1. The van der Waals surface area contributed by atoms with Crippen LogP contribution < -0.4 is 14.8 Å². The maximum Gasteiger partial charge on any atom is 0.230 e. The summed E-state index contributed by atoms with van der Waals surface area (Å²) in [6.07, 6.45) is 1.16. The Labute approximate surface area is 121 Å². The van der Waals surface area contributed by atoms with Crippen LogP contribution in [0.2, 0.25) is 0 Å². The van der Waals surface area contributed by atoms with Gasteiger partial charge in [0.1, 0.15) is 23.1 Å². The predicted octanol–water partition coefficient (Wildman–Crippen LogP) is 2.42. The molecule has 0 bridgehead atoms. The summed E-state index contributed by atoms with van der Waals surface area (Å²) in [6.45, 7) is 0. The van der Waals surface area contributed by atoms with Gasteiger partial charge < -0.3 is 14.8 Å². The fourth-order valence-corrected chi connectivity index (χ4v) is 1.81. The highest BCUT2D eigenvalue weighted by Crippen LogP contribution is 2.25. The van der Waals surface area contributed by atoms with Gasteiger partial charge in [-0.15, -0.1) is 0 Å². The van der Waals surface area contributed by atoms with E-state index in [2.05, 4.69) is 10.3 Å². The largest absolute Gasteiger partial charge is 0.497 e. The summed E-state index contributed by atoms with van der Waals surface area (Å²) in [5.41, 5.74) is 0.720. The quantitative estimate of drug-likeness (QED) is 0.918. The summed E-state index contributed by atoms with van der Waals surface area (Å²) in [4.78, 5) is 15.7. The molecule has 1 N–H and O–H groups in total. The lowest BCUT2D eigenvalue weighted by atomic mass is 10.1. The third-order valence-corrected chi connectivity index (χ3v) is 2.84. The average molecular weight is 290 g/mol. The van der Waals surface area contributed by atoms with Gasteiger partial charge in [0, 0.05) is 11.6 Å². The van der Waals surface area contributed by atoms with E-state index in [-0.39, 0.29) is 12.3 Å². The number of nitrogens with one attached hydrogen (secondary N) is 1. The number of amides is 1. The van der Waals surface area contributed by atoms with Gasteiger partial charge in [0.05, 0.1) is 26.8 Å². The molecule has 1 amide bonds. The average Bonchev–Trinajstić information content (AvgIpc) is 2.50. The van der Waals surface area contributed by atoms with Crippen molar-refractivity contribution in [3.8, 4) is 11.5 Å². The van der Waals surface area contributed by atoms with Crippen LogP contribution in [0.5, 0.6) is 11.5 Å². The Morgan fingerprint density at radius 1 is 1.24 bits per heavy atom. The topological polar surface area (TPSA) is 60.5 Å². The minimum absolute atomic E-state index is 0.117. The highest BCUT2D eigenvalue weighted by molar-refractivity contribution is 5.91. The zero-order valence-corrected chi connectivity index (χ0v) is 11.7. The monoisotopic (exact) mass is 290 g/mol. The van der Waals surface area contributed by atoms with Crippen molar-refractivity contribution in [2.75, 3.05) is 19.5 Å². The SMILES string of the molecule is COc1ccc(CC(=O)Nc2ccc(F)cn2)c(OC)c1. The van der Waals surface area contributed by atoms with Crippen molar-refractivity contribution in [3.05, 3.63) is 47.9 Å². The Bertz CT molecular complexity index is 629. The molecule has 1 aromatic heterocycles. The summed E-state index contributed by atoms with van der Waals surface area (Å²) in [5, 5.41) is 2.59. The second-order valence-electron chi connectivity index (χ2n) is 4.26. The summed E-state index contributed by atoms with van der Waals surface area (Å²) in [6, 6.07) is 7.85. The number of anilines is 1. The first-order valence-electron chi connectivity index (χ1n) is 6.24. The van der Waals surface area contributed by atoms with E-state index < -0.39 is 5.82 Å². The molecule has 6 heteroatoms. The normalized spacial score (nSPS) is 10.0. The molecular formula is C15H15FN2O3. The van der Waals surface area contributed by atoms with Gasteiger partial charge in [-0.3, -0.25) is 4.79 Å². The van der Waals surface area contributed by atoms with E-state index in [1.165, 1.54) is 19.2 Å². The van der Waals surface area contributed by atoms with Crippen LogP contribution in [0, 0.1) is 5.82 Å². The second kappa shape index (κ2) is 6.69. The Hall–Kier alpha value is -2.63. The molecule has 0 saturated heterocycles. The van der Waals surface area contributed by atoms with Crippen molar-refractivity contribution < 1.29 is 18.7 Å². The zero-order chi connectivity index (χ0) is 15.2. The molecule has 5 nitrogen and oxygen atoms in total. The van der Waals surface area contributed by atoms with Gasteiger partial charge in [0.2, 0.25) is 5.91 Å². The van der Waals surface area contributed by atoms with Crippen molar-refractivity contribution in [3.63, 3.8) is 0 Å². The molecular weight excluding hydrogens is 275 g/mol. The summed E-state index contributed by atoms with van der Waals surface area (Å²) < 4.78 is 23.1. The number of methoxy groups -OCH3 is 2. The molecule has 110 valence electrons. The predicted molar refractivity (Wildman–Crippen MR) is 76.1 cm³/mol. The minimum Gasteiger partial charge on any atom is -0.497 e. The van der Waals surface area contributed by atoms with Crippen LogP contribution in [0.25, 0.3) is 0 Å². The molecule has 0 aliphatic rings. The lowest BCUT2D eigenvalue weighted by molar-refractivity contribution is -0.115. The maximum atomic E-state index is 12.7. The van der Waals surface area contributed by atoms with Crippen LogP contribution in [-0.2, 0) is 11.2 Å². The van der Waals surface area contributed by atoms with Crippen LogP contribution in [0.4, 0.5) is 10.2 Å². The highest BCUT2D eigenvalue weighted by atomic mass is 19.1. The highest BCUT2D eigenvalue weighted by Gasteiger charge is 2.10. The van der Waals surface area contributed by atoms with Gasteiger partial charge in [-0.1, -0.05) is 6.07 Å². The lowest BCUT2D eigenvalue weighted by Crippen LogP contribution is -2.15. The van der Waals surface area contributed by atoms with Gasteiger partial charge >= 0.3 is 0 Å². The number of carbonyl (C=O) groups is 1. The third kappa shape index (κ3) is 3.92. The van der Waals surface area contributed by atoms with Gasteiger partial charge in [0.25, 0.3) is 0 Å². The molecule has 1 heterocycles. The number of halogens is 1. The molecule has 0 saturated carbocycles. The van der Waals surface area contributed by atoms with Gasteiger partial charge in [-0.25, -0.2) is 9.37 Å². The first-order valence-corrected chi connectivity index (χ1v) is 6.24. The number of rotatable bonds is 5. The first kappa shape index (κ1) is 14.8. The van der Waals surface area contributed by atoms with Crippen LogP contribution in [0.1, 0.15) is 5.56 Å². The van der Waals surface area contributed by atoms with E-state index in [0.717, 1.165) is 11.8 Å². The standard InChI is InChI=1S/C15H15FN2O3/c1-20-12-5-3-10(13(8-12)21-2)7-15(19)18-14-6-4-11(16)9-17-14/h3-6,8-9H,7H2,1-2H3,(H,17,18,19). The van der Waals surface area contributed by atoms with Crippen molar-refractivity contribution in [1.29, 1.82) is 0 Å². The number of benzene rings is 1. The zero-order valence-electron chi connectivity index (χ0n) is 11.7. The molecule has 0 aliphatic carbocycles.